The molecule has 0 N–H and O–H groups in total. The Morgan fingerprint density at radius 2 is 1.71 bits per heavy atom. The number of nitrogens with zero attached hydrogens (tertiary/aromatic N) is 1. The Kier molecular flexibility index (Phi) is 4.59. The number of carbonyl (C=O) groups excluding carboxylic acids is 1. The van der Waals surface area contributed by atoms with Gasteiger partial charge in [-0.3, -0.25) is 4.79 Å². The van der Waals surface area contributed by atoms with Crippen LogP contribution in [0.1, 0.15) is 49.1 Å². The van der Waals surface area contributed by atoms with Crippen molar-refractivity contribution in [2.45, 2.75) is 38.0 Å². The fraction of sp³-hybridized carbons (Fsp3) is 0.435. The molecule has 0 aromatic heterocycles. The van der Waals surface area contributed by atoms with Crippen LogP contribution in [0.2, 0.25) is 0 Å². The Morgan fingerprint density at radius 3 is 2.54 bits per heavy atom. The van der Waals surface area contributed by atoms with Crippen LogP contribution in [0.3, 0.4) is 0 Å². The molecule has 5 nitrogen and oxygen atoms in total. The molecular weight excluding hydrogens is 354 g/mol. The highest BCUT2D eigenvalue weighted by Crippen LogP contribution is 2.47. The summed E-state index contributed by atoms with van der Waals surface area (Å²) < 4.78 is 17.0. The first kappa shape index (κ1) is 17.4. The van der Waals surface area contributed by atoms with Gasteiger partial charge in [-0.15, -0.1) is 0 Å². The molecule has 2 aromatic rings. The van der Waals surface area contributed by atoms with E-state index in [4.69, 9.17) is 14.2 Å². The molecule has 0 saturated heterocycles. The summed E-state index contributed by atoms with van der Waals surface area (Å²) in [6, 6.07) is 12.1. The third-order valence-corrected chi connectivity index (χ3v) is 6.21. The highest BCUT2D eigenvalue weighted by molar-refractivity contribution is 5.78. The number of para-hydroxylation sites is 1. The zero-order valence-corrected chi connectivity index (χ0v) is 15.9. The smallest absolute Gasteiger partial charge is 0.231 e. The Morgan fingerprint density at radius 1 is 0.929 bits per heavy atom. The average Bonchev–Trinajstić information content (AvgIpc) is 3.37. The fourth-order valence-corrected chi connectivity index (χ4v) is 4.75. The molecule has 2 aromatic carbocycles. The molecule has 1 amide bonds. The van der Waals surface area contributed by atoms with E-state index >= 15 is 0 Å². The molecule has 0 spiro atoms. The van der Waals surface area contributed by atoms with Crippen LogP contribution in [0.15, 0.2) is 36.4 Å². The highest BCUT2D eigenvalue weighted by atomic mass is 16.7. The van der Waals surface area contributed by atoms with E-state index in [9.17, 15) is 4.79 Å². The number of hydrogen-bond acceptors (Lipinski definition) is 4. The van der Waals surface area contributed by atoms with Crippen molar-refractivity contribution in [3.63, 3.8) is 0 Å². The van der Waals surface area contributed by atoms with Crippen LogP contribution in [-0.2, 0) is 4.79 Å². The predicted octanol–water partition coefficient (Wildman–Crippen LogP) is 4.48. The maximum absolute atomic E-state index is 12.0. The monoisotopic (exact) mass is 379 g/mol. The van der Waals surface area contributed by atoms with Crippen LogP contribution in [0.5, 0.6) is 17.2 Å². The molecule has 28 heavy (non-hydrogen) atoms. The van der Waals surface area contributed by atoms with Crippen LogP contribution in [0.4, 0.5) is 5.69 Å². The van der Waals surface area contributed by atoms with Gasteiger partial charge in [-0.05, 0) is 36.5 Å². The Bertz CT molecular complexity index is 875. The number of amides is 1. The molecule has 2 heterocycles. The average molecular weight is 379 g/mol. The number of anilines is 1. The van der Waals surface area contributed by atoms with Gasteiger partial charge >= 0.3 is 0 Å². The molecule has 5 rings (SSSR count). The van der Waals surface area contributed by atoms with Crippen molar-refractivity contribution in [1.82, 2.24) is 0 Å². The summed E-state index contributed by atoms with van der Waals surface area (Å²) in [6.45, 7) is 1.60. The van der Waals surface area contributed by atoms with E-state index in [0.717, 1.165) is 47.0 Å². The van der Waals surface area contributed by atoms with Crippen LogP contribution in [-0.4, -0.2) is 26.4 Å². The lowest BCUT2D eigenvalue weighted by molar-refractivity contribution is -0.107. The largest absolute Gasteiger partial charge is 0.492 e. The summed E-state index contributed by atoms with van der Waals surface area (Å²) in [6.07, 6.45) is 7.28. The topological polar surface area (TPSA) is 48.0 Å². The summed E-state index contributed by atoms with van der Waals surface area (Å²) in [5.41, 5.74) is 3.21. The van der Waals surface area contributed by atoms with E-state index < -0.39 is 0 Å². The minimum absolute atomic E-state index is 0.0782. The lowest BCUT2D eigenvalue weighted by atomic mass is 9.88. The number of fused-ring (bicyclic) bond motifs is 2. The third-order valence-electron chi connectivity index (χ3n) is 6.21. The molecule has 1 fully saturated rings. The summed E-state index contributed by atoms with van der Waals surface area (Å²) in [7, 11) is 0. The summed E-state index contributed by atoms with van der Waals surface area (Å²) in [5.74, 6) is 3.01. The second-order valence-corrected chi connectivity index (χ2v) is 7.93. The normalized spacial score (nSPS) is 20.5. The number of benzene rings is 2. The zero-order chi connectivity index (χ0) is 18.9. The third kappa shape index (κ3) is 3.09. The summed E-state index contributed by atoms with van der Waals surface area (Å²) in [4.78, 5) is 13.9. The van der Waals surface area contributed by atoms with Gasteiger partial charge < -0.3 is 19.1 Å². The molecule has 1 aliphatic carbocycles. The van der Waals surface area contributed by atoms with Gasteiger partial charge in [0.2, 0.25) is 13.2 Å². The first-order valence-electron chi connectivity index (χ1n) is 10.2. The van der Waals surface area contributed by atoms with Gasteiger partial charge in [0, 0.05) is 29.8 Å². The predicted molar refractivity (Wildman–Crippen MR) is 106 cm³/mol. The second-order valence-electron chi connectivity index (χ2n) is 7.93. The van der Waals surface area contributed by atoms with Gasteiger partial charge in [0.15, 0.2) is 11.5 Å². The van der Waals surface area contributed by atoms with E-state index in [2.05, 4.69) is 12.1 Å². The molecule has 2 aliphatic heterocycles. The van der Waals surface area contributed by atoms with Crippen molar-refractivity contribution < 1.29 is 19.0 Å². The maximum Gasteiger partial charge on any atom is 0.231 e. The van der Waals surface area contributed by atoms with E-state index in [-0.39, 0.29) is 12.7 Å². The van der Waals surface area contributed by atoms with Gasteiger partial charge in [0.05, 0.1) is 6.61 Å². The molecule has 0 radical (unpaired) electrons. The van der Waals surface area contributed by atoms with Crippen molar-refractivity contribution in [2.75, 3.05) is 24.8 Å². The fourth-order valence-electron chi connectivity index (χ4n) is 4.75. The minimum atomic E-state index is 0.0782. The molecule has 1 atom stereocenters. The zero-order valence-electron chi connectivity index (χ0n) is 15.9. The lowest BCUT2D eigenvalue weighted by Crippen LogP contribution is -2.30. The van der Waals surface area contributed by atoms with Gasteiger partial charge in [0.25, 0.3) is 0 Å². The SMILES string of the molecule is O=CN(CC1CCCCC1)c1ccccc1C1COc2cc3c(cc21)OCO3. The number of carbonyl (C=O) groups is 1. The van der Waals surface area contributed by atoms with Crippen molar-refractivity contribution in [3.05, 3.63) is 47.5 Å². The van der Waals surface area contributed by atoms with Crippen molar-refractivity contribution >= 4 is 12.1 Å². The van der Waals surface area contributed by atoms with Crippen molar-refractivity contribution in [1.29, 1.82) is 0 Å². The maximum atomic E-state index is 12.0. The van der Waals surface area contributed by atoms with E-state index in [0.29, 0.717) is 12.5 Å². The van der Waals surface area contributed by atoms with Crippen LogP contribution < -0.4 is 19.1 Å². The van der Waals surface area contributed by atoms with Gasteiger partial charge in [-0.2, -0.15) is 0 Å². The van der Waals surface area contributed by atoms with Crippen LogP contribution in [0.25, 0.3) is 0 Å². The quantitative estimate of drug-likeness (QED) is 0.719. The number of ether oxygens (including phenoxy) is 3. The van der Waals surface area contributed by atoms with Gasteiger partial charge in [-0.25, -0.2) is 0 Å². The van der Waals surface area contributed by atoms with E-state index in [1.807, 2.05) is 29.2 Å². The number of rotatable bonds is 5. The highest BCUT2D eigenvalue weighted by Gasteiger charge is 2.32. The van der Waals surface area contributed by atoms with Crippen molar-refractivity contribution in [2.24, 2.45) is 5.92 Å². The molecule has 1 saturated carbocycles. The lowest BCUT2D eigenvalue weighted by Gasteiger charge is -2.29. The van der Waals surface area contributed by atoms with Gasteiger partial charge in [-0.1, -0.05) is 37.5 Å². The summed E-state index contributed by atoms with van der Waals surface area (Å²) >= 11 is 0. The molecule has 0 bridgehead atoms. The van der Waals surface area contributed by atoms with Crippen LogP contribution in [0, 0.1) is 5.92 Å². The Balaban J connectivity index is 1.47. The number of hydrogen-bond donors (Lipinski definition) is 0. The molecule has 3 aliphatic rings. The standard InChI is InChI=1S/C23H25NO4/c25-14-24(12-16-6-2-1-3-7-16)20-9-5-4-8-17(20)19-13-26-21-11-23-22(10-18(19)21)27-15-28-23/h4-5,8-11,14,16,19H,1-3,6-7,12-13,15H2. The van der Waals surface area contributed by atoms with E-state index in [1.165, 1.54) is 32.1 Å². The summed E-state index contributed by atoms with van der Waals surface area (Å²) in [5, 5.41) is 0. The Hall–Kier alpha value is -2.69. The minimum Gasteiger partial charge on any atom is -0.492 e. The first-order valence-corrected chi connectivity index (χ1v) is 10.2. The van der Waals surface area contributed by atoms with Gasteiger partial charge in [0.1, 0.15) is 5.75 Å². The second kappa shape index (κ2) is 7.38. The molecule has 146 valence electrons. The molecule has 5 heteroatoms. The van der Waals surface area contributed by atoms with E-state index in [1.54, 1.807) is 0 Å². The van der Waals surface area contributed by atoms with Crippen LogP contribution >= 0.6 is 0 Å². The first-order chi connectivity index (χ1) is 13.8. The Labute approximate surface area is 165 Å². The molecule has 1 unspecified atom stereocenters. The molecular formula is C23H25NO4. The van der Waals surface area contributed by atoms with Crippen molar-refractivity contribution in [3.8, 4) is 17.2 Å².